The Bertz CT molecular complexity index is 242. The van der Waals surface area contributed by atoms with E-state index < -0.39 is 0 Å². The van der Waals surface area contributed by atoms with Crippen molar-refractivity contribution < 1.29 is 4.79 Å². The van der Waals surface area contributed by atoms with Gasteiger partial charge in [-0.05, 0) is 64.6 Å². The molecule has 0 aromatic rings. The summed E-state index contributed by atoms with van der Waals surface area (Å²) in [7, 11) is 4.17. The first kappa shape index (κ1) is 11.9. The highest BCUT2D eigenvalue weighted by molar-refractivity contribution is 5.79. The fraction of sp³-hybridized carbons (Fsp3) is 0.923. The maximum Gasteiger partial charge on any atom is 0.223 e. The molecule has 0 aromatic heterocycles. The van der Waals surface area contributed by atoms with Crippen molar-refractivity contribution >= 4 is 5.91 Å². The third-order valence-corrected chi connectivity index (χ3v) is 3.95. The van der Waals surface area contributed by atoms with E-state index in [1.807, 2.05) is 0 Å². The molecule has 3 heteroatoms. The minimum absolute atomic E-state index is 0.317. The van der Waals surface area contributed by atoms with Crippen molar-refractivity contribution in [3.05, 3.63) is 0 Å². The largest absolute Gasteiger partial charge is 0.356 e. The third-order valence-electron chi connectivity index (χ3n) is 3.95. The van der Waals surface area contributed by atoms with Gasteiger partial charge in [0, 0.05) is 12.5 Å². The summed E-state index contributed by atoms with van der Waals surface area (Å²) < 4.78 is 0. The van der Waals surface area contributed by atoms with Crippen LogP contribution in [0, 0.1) is 17.8 Å². The van der Waals surface area contributed by atoms with Crippen LogP contribution in [0.5, 0.6) is 0 Å². The van der Waals surface area contributed by atoms with Gasteiger partial charge in [0.2, 0.25) is 5.91 Å². The molecule has 0 heterocycles. The minimum atomic E-state index is 0.317. The average molecular weight is 224 g/mol. The lowest BCUT2D eigenvalue weighted by Crippen LogP contribution is -2.31. The number of nitrogens with zero attached hydrogens (tertiary/aromatic N) is 1. The van der Waals surface area contributed by atoms with Gasteiger partial charge in [0.1, 0.15) is 0 Å². The Hall–Kier alpha value is -0.570. The smallest absolute Gasteiger partial charge is 0.223 e. The number of hydrogen-bond acceptors (Lipinski definition) is 2. The fourth-order valence-corrected chi connectivity index (χ4v) is 2.84. The van der Waals surface area contributed by atoms with E-state index in [4.69, 9.17) is 0 Å². The normalized spacial score (nSPS) is 31.6. The molecule has 0 radical (unpaired) electrons. The summed E-state index contributed by atoms with van der Waals surface area (Å²) in [6, 6.07) is 0. The lowest BCUT2D eigenvalue weighted by molar-refractivity contribution is -0.125. The first-order chi connectivity index (χ1) is 7.66. The van der Waals surface area contributed by atoms with Crippen molar-refractivity contribution in [3.63, 3.8) is 0 Å². The summed E-state index contributed by atoms with van der Waals surface area (Å²) >= 11 is 0. The van der Waals surface area contributed by atoms with Crippen molar-refractivity contribution in [2.75, 3.05) is 27.2 Å². The van der Waals surface area contributed by atoms with Gasteiger partial charge in [-0.3, -0.25) is 4.79 Å². The van der Waals surface area contributed by atoms with Crippen LogP contribution in [0.3, 0.4) is 0 Å². The summed E-state index contributed by atoms with van der Waals surface area (Å²) in [6.07, 6.45) is 5.99. The molecular weight excluding hydrogens is 200 g/mol. The summed E-state index contributed by atoms with van der Waals surface area (Å²) in [5.74, 6) is 2.48. The van der Waals surface area contributed by atoms with Crippen molar-refractivity contribution in [1.82, 2.24) is 10.2 Å². The summed E-state index contributed by atoms with van der Waals surface area (Å²) in [5.41, 5.74) is 0. The monoisotopic (exact) mass is 224 g/mol. The summed E-state index contributed by atoms with van der Waals surface area (Å²) in [4.78, 5) is 14.0. The van der Waals surface area contributed by atoms with Crippen LogP contribution in [-0.4, -0.2) is 38.0 Å². The molecule has 2 aliphatic rings. The number of carbonyl (C=O) groups is 1. The van der Waals surface area contributed by atoms with Gasteiger partial charge in [-0.2, -0.15) is 0 Å². The van der Waals surface area contributed by atoms with Crippen LogP contribution < -0.4 is 5.32 Å². The number of carbonyl (C=O) groups excluding carboxylic acids is 1. The van der Waals surface area contributed by atoms with Gasteiger partial charge < -0.3 is 10.2 Å². The van der Waals surface area contributed by atoms with E-state index in [0.29, 0.717) is 11.8 Å². The highest BCUT2D eigenvalue weighted by Crippen LogP contribution is 2.54. The second-order valence-corrected chi connectivity index (χ2v) is 5.73. The first-order valence-electron chi connectivity index (χ1n) is 6.59. The topological polar surface area (TPSA) is 32.3 Å². The molecule has 2 rings (SSSR count). The average Bonchev–Trinajstić information content (AvgIpc) is 2.84. The molecule has 2 atom stereocenters. The Balaban J connectivity index is 1.51. The Morgan fingerprint density at radius 1 is 1.19 bits per heavy atom. The van der Waals surface area contributed by atoms with Gasteiger partial charge in [0.05, 0.1) is 0 Å². The van der Waals surface area contributed by atoms with Crippen molar-refractivity contribution in [2.24, 2.45) is 17.8 Å². The second kappa shape index (κ2) is 5.17. The molecule has 2 fully saturated rings. The zero-order valence-corrected chi connectivity index (χ0v) is 10.5. The molecule has 16 heavy (non-hydrogen) atoms. The zero-order chi connectivity index (χ0) is 11.5. The highest BCUT2D eigenvalue weighted by atomic mass is 16.1. The molecule has 0 saturated heterocycles. The lowest BCUT2D eigenvalue weighted by Gasteiger charge is -2.13. The fourth-order valence-electron chi connectivity index (χ4n) is 2.84. The predicted molar refractivity (Wildman–Crippen MR) is 65.1 cm³/mol. The van der Waals surface area contributed by atoms with Crippen molar-refractivity contribution in [1.29, 1.82) is 0 Å². The second-order valence-electron chi connectivity index (χ2n) is 5.73. The number of amides is 1. The maximum atomic E-state index is 11.8. The van der Waals surface area contributed by atoms with E-state index in [1.165, 1.54) is 12.8 Å². The number of nitrogens with one attached hydrogen (secondary N) is 1. The molecule has 0 bridgehead atoms. The Labute approximate surface area is 98.6 Å². The quantitative estimate of drug-likeness (QED) is 0.693. The number of hydrogen-bond donors (Lipinski definition) is 1. The minimum Gasteiger partial charge on any atom is -0.356 e. The van der Waals surface area contributed by atoms with Crippen molar-refractivity contribution in [2.45, 2.75) is 32.1 Å². The number of unbranched alkanes of at least 4 members (excludes halogenated alkanes) is 1. The third kappa shape index (κ3) is 3.21. The Kier molecular flexibility index (Phi) is 3.85. The van der Waals surface area contributed by atoms with E-state index >= 15 is 0 Å². The van der Waals surface area contributed by atoms with Crippen LogP contribution in [0.1, 0.15) is 32.1 Å². The van der Waals surface area contributed by atoms with Crippen LogP contribution in [0.2, 0.25) is 0 Å². The number of fused-ring (bicyclic) bond motifs is 1. The van der Waals surface area contributed by atoms with Gasteiger partial charge in [-0.1, -0.05) is 0 Å². The highest BCUT2D eigenvalue weighted by Gasteiger charge is 2.47. The molecule has 92 valence electrons. The Morgan fingerprint density at radius 3 is 2.50 bits per heavy atom. The van der Waals surface area contributed by atoms with E-state index in [2.05, 4.69) is 24.3 Å². The van der Waals surface area contributed by atoms with Gasteiger partial charge in [0.25, 0.3) is 0 Å². The van der Waals surface area contributed by atoms with E-state index in [1.54, 1.807) is 0 Å². The molecule has 0 spiro atoms. The van der Waals surface area contributed by atoms with Crippen LogP contribution in [-0.2, 0) is 4.79 Å². The summed E-state index contributed by atoms with van der Waals surface area (Å²) in [6.45, 7) is 1.97. The maximum absolute atomic E-state index is 11.8. The van der Waals surface area contributed by atoms with Crippen LogP contribution in [0.25, 0.3) is 0 Å². The molecule has 1 N–H and O–H groups in total. The van der Waals surface area contributed by atoms with Crippen LogP contribution >= 0.6 is 0 Å². The molecule has 2 saturated carbocycles. The molecule has 0 aromatic carbocycles. The molecule has 2 unspecified atom stereocenters. The van der Waals surface area contributed by atoms with Gasteiger partial charge in [-0.15, -0.1) is 0 Å². The molecule has 2 aliphatic carbocycles. The standard InChI is InChI=1S/C13H24N2O/c1-15(2)6-4-3-5-14-13(16)12-8-10-7-11(10)9-12/h10-12H,3-9H2,1-2H3,(H,14,16). The molecular formula is C13H24N2O. The predicted octanol–water partition coefficient (Wildman–Crippen LogP) is 1.49. The van der Waals surface area contributed by atoms with Crippen LogP contribution in [0.4, 0.5) is 0 Å². The first-order valence-corrected chi connectivity index (χ1v) is 6.59. The van der Waals surface area contributed by atoms with Gasteiger partial charge in [0.15, 0.2) is 0 Å². The molecule has 1 amide bonds. The van der Waals surface area contributed by atoms with Crippen LogP contribution in [0.15, 0.2) is 0 Å². The van der Waals surface area contributed by atoms with E-state index in [0.717, 1.165) is 44.2 Å². The molecule has 3 nitrogen and oxygen atoms in total. The van der Waals surface area contributed by atoms with Crippen molar-refractivity contribution in [3.8, 4) is 0 Å². The van der Waals surface area contributed by atoms with E-state index in [9.17, 15) is 4.79 Å². The summed E-state index contributed by atoms with van der Waals surface area (Å²) in [5, 5.41) is 3.08. The Morgan fingerprint density at radius 2 is 1.88 bits per heavy atom. The molecule has 0 aliphatic heterocycles. The van der Waals surface area contributed by atoms with E-state index in [-0.39, 0.29) is 0 Å². The SMILES string of the molecule is CN(C)CCCCNC(=O)C1CC2CC2C1. The zero-order valence-electron chi connectivity index (χ0n) is 10.5. The van der Waals surface area contributed by atoms with Gasteiger partial charge in [-0.25, -0.2) is 0 Å². The lowest BCUT2D eigenvalue weighted by atomic mass is 10.0. The number of rotatable bonds is 6. The van der Waals surface area contributed by atoms with Gasteiger partial charge >= 0.3 is 0 Å².